The van der Waals surface area contributed by atoms with E-state index in [9.17, 15) is 8.78 Å². The number of hydrogen-bond acceptors (Lipinski definition) is 2. The minimum Gasteiger partial charge on any atom is -0.310 e. The first-order chi connectivity index (χ1) is 9.11. The number of hydrogen-bond donors (Lipinski definition) is 1. The topological polar surface area (TPSA) is 12.0 Å². The van der Waals surface area contributed by atoms with E-state index in [2.05, 4.69) is 27.5 Å². The van der Waals surface area contributed by atoms with Crippen LogP contribution >= 0.6 is 27.7 Å². The molecule has 2 rings (SSSR count). The van der Waals surface area contributed by atoms with E-state index in [1.54, 1.807) is 0 Å². The van der Waals surface area contributed by atoms with Crippen molar-refractivity contribution in [3.05, 3.63) is 33.8 Å². The summed E-state index contributed by atoms with van der Waals surface area (Å²) in [5, 5.41) is 4.03. The van der Waals surface area contributed by atoms with Gasteiger partial charge < -0.3 is 5.32 Å². The molecule has 106 valence electrons. The summed E-state index contributed by atoms with van der Waals surface area (Å²) < 4.78 is 27.7. The van der Waals surface area contributed by atoms with Gasteiger partial charge in [-0.3, -0.25) is 0 Å². The van der Waals surface area contributed by atoms with E-state index >= 15 is 0 Å². The van der Waals surface area contributed by atoms with Gasteiger partial charge in [0.05, 0.1) is 4.47 Å². The molecule has 1 saturated carbocycles. The summed E-state index contributed by atoms with van der Waals surface area (Å²) in [7, 11) is 0. The Labute approximate surface area is 125 Å². The lowest BCUT2D eigenvalue weighted by atomic mass is 9.95. The fourth-order valence-electron chi connectivity index (χ4n) is 2.48. The fraction of sp³-hybridized carbons (Fsp3) is 0.571. The highest BCUT2D eigenvalue weighted by molar-refractivity contribution is 9.10. The van der Waals surface area contributed by atoms with Crippen molar-refractivity contribution in [3.63, 3.8) is 0 Å². The van der Waals surface area contributed by atoms with Crippen LogP contribution in [0.3, 0.4) is 0 Å². The molecule has 0 aliphatic heterocycles. The molecular weight excluding hydrogens is 332 g/mol. The van der Waals surface area contributed by atoms with Crippen LogP contribution in [-0.4, -0.2) is 17.5 Å². The number of rotatable bonds is 4. The lowest BCUT2D eigenvalue weighted by Crippen LogP contribution is -2.33. The van der Waals surface area contributed by atoms with Gasteiger partial charge in [-0.15, -0.1) is 0 Å². The Morgan fingerprint density at radius 2 is 1.95 bits per heavy atom. The Kier molecular flexibility index (Phi) is 5.66. The van der Waals surface area contributed by atoms with Crippen molar-refractivity contribution in [1.29, 1.82) is 0 Å². The Bertz CT molecular complexity index is 434. The summed E-state index contributed by atoms with van der Waals surface area (Å²) in [4.78, 5) is 0. The second-order valence-corrected chi connectivity index (χ2v) is 6.90. The molecule has 1 aliphatic rings. The van der Waals surface area contributed by atoms with Crippen LogP contribution in [0.5, 0.6) is 0 Å². The van der Waals surface area contributed by atoms with E-state index in [-0.39, 0.29) is 12.1 Å². The van der Waals surface area contributed by atoms with Gasteiger partial charge in [-0.05, 0) is 60.0 Å². The molecular formula is C14H18BrF2NS. The Balaban J connectivity index is 1.91. The van der Waals surface area contributed by atoms with Crippen molar-refractivity contribution in [1.82, 2.24) is 5.32 Å². The molecule has 5 heteroatoms. The van der Waals surface area contributed by atoms with Crippen LogP contribution in [0.4, 0.5) is 8.78 Å². The second-order valence-electron chi connectivity index (χ2n) is 4.91. The molecule has 1 N–H and O–H groups in total. The third-order valence-corrected chi connectivity index (χ3v) is 5.46. The van der Waals surface area contributed by atoms with E-state index in [0.717, 1.165) is 18.1 Å². The molecule has 0 spiro atoms. The van der Waals surface area contributed by atoms with Crippen molar-refractivity contribution < 1.29 is 8.78 Å². The van der Waals surface area contributed by atoms with Crippen LogP contribution in [0.2, 0.25) is 0 Å². The molecule has 1 aromatic rings. The molecule has 0 amide bonds. The molecule has 0 heterocycles. The molecule has 1 aliphatic carbocycles. The smallest absolute Gasteiger partial charge is 0.144 e. The van der Waals surface area contributed by atoms with E-state index in [0.29, 0.717) is 10.5 Å². The number of thioether (sulfide) groups is 1. The molecule has 0 radical (unpaired) electrons. The van der Waals surface area contributed by atoms with E-state index in [4.69, 9.17) is 0 Å². The molecule has 19 heavy (non-hydrogen) atoms. The van der Waals surface area contributed by atoms with Gasteiger partial charge in [0.25, 0.3) is 0 Å². The van der Waals surface area contributed by atoms with Crippen molar-refractivity contribution in [2.45, 2.75) is 43.5 Å². The zero-order chi connectivity index (χ0) is 13.8. The summed E-state index contributed by atoms with van der Waals surface area (Å²) in [5.41, 5.74) is 0.126. The molecule has 1 nitrogen and oxygen atoms in total. The van der Waals surface area contributed by atoms with E-state index in [1.807, 2.05) is 11.8 Å². The maximum Gasteiger partial charge on any atom is 0.144 e. The normalized spacial score (nSPS) is 23.6. The molecule has 1 fully saturated rings. The molecule has 0 bridgehead atoms. The Morgan fingerprint density at radius 1 is 1.26 bits per heavy atom. The fourth-order valence-corrected chi connectivity index (χ4v) is 3.60. The van der Waals surface area contributed by atoms with Gasteiger partial charge in [0.15, 0.2) is 0 Å². The minimum atomic E-state index is -0.495. The lowest BCUT2D eigenvalue weighted by Gasteiger charge is -2.28. The van der Waals surface area contributed by atoms with Gasteiger partial charge >= 0.3 is 0 Å². The molecule has 0 atom stereocenters. The minimum absolute atomic E-state index is 0.126. The average Bonchev–Trinajstić information content (AvgIpc) is 2.44. The largest absolute Gasteiger partial charge is 0.310 e. The van der Waals surface area contributed by atoms with Crippen LogP contribution in [0.25, 0.3) is 0 Å². The number of nitrogens with one attached hydrogen (secondary N) is 1. The van der Waals surface area contributed by atoms with Crippen molar-refractivity contribution in [2.24, 2.45) is 0 Å². The van der Waals surface area contributed by atoms with Crippen molar-refractivity contribution >= 4 is 27.7 Å². The summed E-state index contributed by atoms with van der Waals surface area (Å²) in [6.07, 6.45) is 6.68. The maximum absolute atomic E-state index is 13.8. The van der Waals surface area contributed by atoms with Crippen molar-refractivity contribution in [2.75, 3.05) is 6.26 Å². The van der Waals surface area contributed by atoms with Gasteiger partial charge in [-0.1, -0.05) is 0 Å². The van der Waals surface area contributed by atoms with Crippen molar-refractivity contribution in [3.8, 4) is 0 Å². The zero-order valence-electron chi connectivity index (χ0n) is 10.9. The highest BCUT2D eigenvalue weighted by atomic mass is 79.9. The number of halogens is 3. The van der Waals surface area contributed by atoms with Gasteiger partial charge in [-0.25, -0.2) is 8.78 Å². The Hall–Kier alpha value is -0.130. The van der Waals surface area contributed by atoms with Gasteiger partial charge in [-0.2, -0.15) is 11.8 Å². The zero-order valence-corrected chi connectivity index (χ0v) is 13.3. The standard InChI is InChI=1S/C14H18BrF2NS/c1-19-10-4-2-9(3-5-10)18-8-11-13(16)7-6-12(15)14(11)17/h6-7,9-10,18H,2-5,8H2,1H3. The van der Waals surface area contributed by atoms with Gasteiger partial charge in [0.2, 0.25) is 0 Å². The van der Waals surface area contributed by atoms with Crippen LogP contribution in [0, 0.1) is 11.6 Å². The SMILES string of the molecule is CSC1CCC(NCc2c(F)ccc(Br)c2F)CC1. The maximum atomic E-state index is 13.8. The predicted molar refractivity (Wildman–Crippen MR) is 80.5 cm³/mol. The summed E-state index contributed by atoms with van der Waals surface area (Å²) in [6.45, 7) is 0.256. The third-order valence-electron chi connectivity index (χ3n) is 3.71. The second kappa shape index (κ2) is 7.04. The third kappa shape index (κ3) is 3.92. The average molecular weight is 350 g/mol. The predicted octanol–water partition coefficient (Wildman–Crippen LogP) is 4.49. The molecule has 0 saturated heterocycles. The van der Waals surface area contributed by atoms with E-state index < -0.39 is 11.6 Å². The van der Waals surface area contributed by atoms with Crippen LogP contribution < -0.4 is 5.32 Å². The number of benzene rings is 1. The monoisotopic (exact) mass is 349 g/mol. The highest BCUT2D eigenvalue weighted by Gasteiger charge is 2.21. The first kappa shape index (κ1) is 15.3. The first-order valence-electron chi connectivity index (χ1n) is 6.50. The quantitative estimate of drug-likeness (QED) is 0.803. The van der Waals surface area contributed by atoms with E-state index in [1.165, 1.54) is 25.0 Å². The molecule has 0 aromatic heterocycles. The van der Waals surface area contributed by atoms with Crippen LogP contribution in [0.1, 0.15) is 31.2 Å². The lowest BCUT2D eigenvalue weighted by molar-refractivity contribution is 0.373. The molecule has 1 aromatic carbocycles. The Morgan fingerprint density at radius 3 is 2.58 bits per heavy atom. The highest BCUT2D eigenvalue weighted by Crippen LogP contribution is 2.27. The molecule has 0 unspecified atom stereocenters. The van der Waals surface area contributed by atoms with Crippen LogP contribution in [-0.2, 0) is 6.54 Å². The first-order valence-corrected chi connectivity index (χ1v) is 8.58. The van der Waals surface area contributed by atoms with Crippen LogP contribution in [0.15, 0.2) is 16.6 Å². The summed E-state index contributed by atoms with van der Waals surface area (Å²) in [5.74, 6) is -0.976. The summed E-state index contributed by atoms with van der Waals surface area (Å²) >= 11 is 5.01. The van der Waals surface area contributed by atoms with Gasteiger partial charge in [0, 0.05) is 23.4 Å². The summed E-state index contributed by atoms with van der Waals surface area (Å²) in [6, 6.07) is 3.08. The van der Waals surface area contributed by atoms with Gasteiger partial charge in [0.1, 0.15) is 11.6 Å².